The van der Waals surface area contributed by atoms with Crippen molar-refractivity contribution < 1.29 is 42.4 Å². The Morgan fingerprint density at radius 3 is 1.43 bits per heavy atom. The van der Waals surface area contributed by atoms with E-state index < -0.39 is 50.9 Å². The molecule has 0 spiro atoms. The van der Waals surface area contributed by atoms with Crippen molar-refractivity contribution in [3.05, 3.63) is 60.8 Å². The fourth-order valence-electron chi connectivity index (χ4n) is 5.80. The number of carbonyl (C=O) groups excluding carboxylic acids is 3. The van der Waals surface area contributed by atoms with Crippen LogP contribution in [-0.2, 0) is 37.5 Å². The van der Waals surface area contributed by atoms with Crippen molar-refractivity contribution >= 4 is 25.5 Å². The molecule has 0 amide bonds. The van der Waals surface area contributed by atoms with Crippen LogP contribution in [0.3, 0.4) is 0 Å². The van der Waals surface area contributed by atoms with E-state index in [1.54, 1.807) is 0 Å². The Hall–Kier alpha value is -2.62. The first-order chi connectivity index (χ1) is 28.1. The van der Waals surface area contributed by atoms with Crippen molar-refractivity contribution in [2.75, 3.05) is 19.8 Å². The second-order valence-corrected chi connectivity index (χ2v) is 16.6. The van der Waals surface area contributed by atoms with Crippen LogP contribution in [-0.4, -0.2) is 54.6 Å². The molecule has 0 heterocycles. The monoisotopic (exact) mass is 836 g/mol. The van der Waals surface area contributed by atoms with E-state index in [0.717, 1.165) is 44.9 Å². The molecular weight excluding hydrogens is 753 g/mol. The molecule has 0 fully saturated rings. The lowest BCUT2D eigenvalue weighted by Crippen LogP contribution is -2.33. The minimum atomic E-state index is -4.63. The number of esters is 2. The third kappa shape index (κ3) is 40.2. The number of Topliss-reactive ketones (excluding diaryl/α,β-unsaturated/α-hetero) is 1. The van der Waals surface area contributed by atoms with E-state index >= 15 is 0 Å². The van der Waals surface area contributed by atoms with Crippen molar-refractivity contribution in [2.45, 2.75) is 200 Å². The summed E-state index contributed by atoms with van der Waals surface area (Å²) in [6.07, 6.45) is 47.7. The Kier molecular flexibility index (Phi) is 39.3. The predicted molar refractivity (Wildman–Crippen MR) is 238 cm³/mol. The Labute approximate surface area is 353 Å². The third-order valence-electron chi connectivity index (χ3n) is 9.49. The molecule has 3 N–H and O–H groups in total. The average Bonchev–Trinajstić information content (AvgIpc) is 3.20. The van der Waals surface area contributed by atoms with E-state index in [1.165, 1.54) is 103 Å². The Bertz CT molecular complexity index is 1210. The molecule has 0 radical (unpaired) electrons. The summed E-state index contributed by atoms with van der Waals surface area (Å²) in [7, 11) is -4.63. The van der Waals surface area contributed by atoms with Crippen LogP contribution in [0, 0.1) is 0 Å². The summed E-state index contributed by atoms with van der Waals surface area (Å²) < 4.78 is 33.0. The van der Waals surface area contributed by atoms with Gasteiger partial charge in [-0.25, -0.2) is 4.57 Å². The molecule has 0 saturated heterocycles. The standard InChI is InChI=1S/C47H82NO9P/c1-4-6-8-10-12-14-16-18-20-21-22-23-25-27-29-31-33-35-37-39-47(51)57-44(41-55-58(52,53)56-42-45(48)43(3)49)40-54-46(50)38-36-34-32-30-28-26-24-19-17-15-13-11-9-7-5-2/h12,14,18,20,22-23,27,29,33,35,44-45H,4-11,13,15-17,19,21,24-26,28,30-32,34,36-42,48H2,1-3H3,(H,52,53). The van der Waals surface area contributed by atoms with Gasteiger partial charge in [0.1, 0.15) is 12.4 Å². The molecule has 0 aromatic rings. The van der Waals surface area contributed by atoms with Crippen molar-refractivity contribution in [3.8, 4) is 0 Å². The summed E-state index contributed by atoms with van der Waals surface area (Å²) in [6.45, 7) is 4.30. The zero-order valence-corrected chi connectivity index (χ0v) is 37.6. The third-order valence-corrected chi connectivity index (χ3v) is 10.4. The number of phosphoric acid groups is 1. The van der Waals surface area contributed by atoms with Crippen LogP contribution in [0.25, 0.3) is 0 Å². The van der Waals surface area contributed by atoms with E-state index in [9.17, 15) is 23.8 Å². The van der Waals surface area contributed by atoms with Gasteiger partial charge >= 0.3 is 19.8 Å². The number of ether oxygens (including phenoxy) is 2. The molecule has 3 atom stereocenters. The molecule has 0 aromatic carbocycles. The maximum absolute atomic E-state index is 12.6. The molecule has 10 nitrogen and oxygen atoms in total. The largest absolute Gasteiger partial charge is 0.472 e. The second kappa shape index (κ2) is 41.1. The number of nitrogens with two attached hydrogens (primary N) is 1. The van der Waals surface area contributed by atoms with Gasteiger partial charge in [0.2, 0.25) is 0 Å². The fourth-order valence-corrected chi connectivity index (χ4v) is 6.58. The second-order valence-electron chi connectivity index (χ2n) is 15.1. The number of hydrogen-bond acceptors (Lipinski definition) is 9. The zero-order chi connectivity index (χ0) is 42.8. The zero-order valence-electron chi connectivity index (χ0n) is 36.7. The van der Waals surface area contributed by atoms with Crippen molar-refractivity contribution in [1.82, 2.24) is 0 Å². The summed E-state index contributed by atoms with van der Waals surface area (Å²) in [6, 6.07) is -1.09. The predicted octanol–water partition coefficient (Wildman–Crippen LogP) is 12.5. The van der Waals surface area contributed by atoms with E-state index in [2.05, 4.69) is 62.5 Å². The van der Waals surface area contributed by atoms with E-state index in [4.69, 9.17) is 24.3 Å². The number of ketones is 1. The van der Waals surface area contributed by atoms with Gasteiger partial charge in [0.05, 0.1) is 19.3 Å². The number of allylic oxidation sites excluding steroid dienone is 10. The van der Waals surface area contributed by atoms with Crippen molar-refractivity contribution in [1.29, 1.82) is 0 Å². The van der Waals surface area contributed by atoms with Crippen molar-refractivity contribution in [3.63, 3.8) is 0 Å². The molecule has 0 aliphatic carbocycles. The van der Waals surface area contributed by atoms with Gasteiger partial charge in [-0.1, -0.05) is 177 Å². The smallest absolute Gasteiger partial charge is 0.462 e. The quantitative estimate of drug-likeness (QED) is 0.0263. The van der Waals surface area contributed by atoms with Gasteiger partial charge in [0.25, 0.3) is 0 Å². The molecule has 0 aliphatic rings. The summed E-state index contributed by atoms with van der Waals surface area (Å²) in [5.41, 5.74) is 5.58. The molecule has 0 rings (SSSR count). The fraction of sp³-hybridized carbons (Fsp3) is 0.723. The molecule has 334 valence electrons. The normalized spacial score (nSPS) is 14.3. The molecule has 0 aliphatic heterocycles. The minimum absolute atomic E-state index is 0.0649. The van der Waals surface area contributed by atoms with Gasteiger partial charge in [0.15, 0.2) is 6.10 Å². The summed E-state index contributed by atoms with van der Waals surface area (Å²) >= 11 is 0. The number of carbonyl (C=O) groups is 3. The van der Waals surface area contributed by atoms with E-state index in [1.807, 2.05) is 12.2 Å². The lowest BCUT2D eigenvalue weighted by atomic mass is 10.0. The summed E-state index contributed by atoms with van der Waals surface area (Å²) in [5.74, 6) is -1.42. The summed E-state index contributed by atoms with van der Waals surface area (Å²) in [5, 5.41) is 0. The molecule has 0 aromatic heterocycles. The molecule has 0 saturated carbocycles. The van der Waals surface area contributed by atoms with Crippen LogP contribution >= 0.6 is 7.82 Å². The number of phosphoric ester groups is 1. The van der Waals surface area contributed by atoms with Gasteiger partial charge in [-0.2, -0.15) is 0 Å². The molecule has 3 unspecified atom stereocenters. The Morgan fingerprint density at radius 1 is 0.534 bits per heavy atom. The highest BCUT2D eigenvalue weighted by atomic mass is 31.2. The lowest BCUT2D eigenvalue weighted by molar-refractivity contribution is -0.161. The van der Waals surface area contributed by atoms with E-state index in [-0.39, 0.29) is 19.4 Å². The van der Waals surface area contributed by atoms with Gasteiger partial charge in [-0.05, 0) is 58.3 Å². The minimum Gasteiger partial charge on any atom is -0.462 e. The molecule has 0 bridgehead atoms. The SMILES string of the molecule is CCCCCC=CCC=CCC=CCC=CCC=CCCC(=O)OC(COC(=O)CCCCCCCCCCCCCCCCC)COP(=O)(O)OCC(N)C(C)=O. The van der Waals surface area contributed by atoms with Crippen LogP contribution in [0.1, 0.15) is 188 Å². The van der Waals surface area contributed by atoms with Gasteiger partial charge in [0, 0.05) is 12.8 Å². The highest BCUT2D eigenvalue weighted by Gasteiger charge is 2.27. The Morgan fingerprint density at radius 2 is 0.948 bits per heavy atom. The van der Waals surface area contributed by atoms with Crippen LogP contribution in [0.2, 0.25) is 0 Å². The van der Waals surface area contributed by atoms with Crippen LogP contribution in [0.15, 0.2) is 60.8 Å². The first-order valence-electron chi connectivity index (χ1n) is 22.6. The molecule has 58 heavy (non-hydrogen) atoms. The molecule has 11 heteroatoms. The highest BCUT2D eigenvalue weighted by Crippen LogP contribution is 2.43. The highest BCUT2D eigenvalue weighted by molar-refractivity contribution is 7.47. The molecular formula is C47H82NO9P. The lowest BCUT2D eigenvalue weighted by Gasteiger charge is -2.20. The van der Waals surface area contributed by atoms with Crippen LogP contribution in [0.5, 0.6) is 0 Å². The number of hydrogen-bond donors (Lipinski definition) is 2. The maximum Gasteiger partial charge on any atom is 0.472 e. The van der Waals surface area contributed by atoms with E-state index in [0.29, 0.717) is 12.8 Å². The maximum atomic E-state index is 12.6. The van der Waals surface area contributed by atoms with Crippen molar-refractivity contribution in [2.24, 2.45) is 5.73 Å². The Balaban J connectivity index is 4.48. The number of rotatable bonds is 41. The first-order valence-corrected chi connectivity index (χ1v) is 24.1. The van der Waals surface area contributed by atoms with Gasteiger partial charge in [-0.15, -0.1) is 0 Å². The van der Waals surface area contributed by atoms with Crippen LogP contribution < -0.4 is 5.73 Å². The number of unbranched alkanes of at least 4 members (excludes halogenated alkanes) is 17. The first kappa shape index (κ1) is 55.4. The van der Waals surface area contributed by atoms with Crippen LogP contribution in [0.4, 0.5) is 0 Å². The average molecular weight is 836 g/mol. The topological polar surface area (TPSA) is 151 Å². The van der Waals surface area contributed by atoms with Gasteiger partial charge < -0.3 is 20.1 Å². The summed E-state index contributed by atoms with van der Waals surface area (Å²) in [4.78, 5) is 46.5. The van der Waals surface area contributed by atoms with Gasteiger partial charge in [-0.3, -0.25) is 23.4 Å².